The summed E-state index contributed by atoms with van der Waals surface area (Å²) in [5, 5.41) is 1.52. The van der Waals surface area contributed by atoms with Crippen LogP contribution in [-0.4, -0.2) is 16.0 Å². The first-order valence-electron chi connectivity index (χ1n) is 9.36. The molecule has 150 valence electrons. The standard InChI is InChI=1S/C24H18Cl2N2OS/c1-16-10-12-19(13-11-16)27-24-28(15-17-6-3-2-4-7-17)23(29)21(30-24)14-18-8-5-9-20(25)22(18)26/h2-14H,15H2,1H3/b21-14+,27-24?. The Kier molecular flexibility index (Phi) is 6.28. The Hall–Kier alpha value is -2.53. The molecule has 0 bridgehead atoms. The fourth-order valence-electron chi connectivity index (χ4n) is 3.00. The van der Waals surface area contributed by atoms with Crippen LogP contribution in [0.5, 0.6) is 0 Å². The van der Waals surface area contributed by atoms with Crippen molar-refractivity contribution in [2.24, 2.45) is 4.99 Å². The molecule has 1 aliphatic rings. The van der Waals surface area contributed by atoms with Crippen LogP contribution in [0.2, 0.25) is 10.0 Å². The van der Waals surface area contributed by atoms with Crippen molar-refractivity contribution in [3.05, 3.63) is 104 Å². The first kappa shape index (κ1) is 20.7. The molecule has 0 spiro atoms. The van der Waals surface area contributed by atoms with Crippen LogP contribution in [-0.2, 0) is 11.3 Å². The van der Waals surface area contributed by atoms with Gasteiger partial charge in [-0.1, -0.05) is 83.4 Å². The normalized spacial score (nSPS) is 16.6. The predicted molar refractivity (Wildman–Crippen MR) is 127 cm³/mol. The van der Waals surface area contributed by atoms with Crippen molar-refractivity contribution >= 4 is 57.8 Å². The van der Waals surface area contributed by atoms with E-state index >= 15 is 0 Å². The Morgan fingerprint density at radius 1 is 0.967 bits per heavy atom. The number of rotatable bonds is 4. The van der Waals surface area contributed by atoms with Gasteiger partial charge in [-0.05, 0) is 54.1 Å². The van der Waals surface area contributed by atoms with E-state index < -0.39 is 0 Å². The van der Waals surface area contributed by atoms with Gasteiger partial charge in [-0.3, -0.25) is 9.69 Å². The third-order valence-corrected chi connectivity index (χ3v) is 6.44. The van der Waals surface area contributed by atoms with E-state index in [2.05, 4.69) is 0 Å². The molecule has 30 heavy (non-hydrogen) atoms. The fourth-order valence-corrected chi connectivity index (χ4v) is 4.35. The summed E-state index contributed by atoms with van der Waals surface area (Å²) < 4.78 is 0. The molecule has 0 aliphatic carbocycles. The molecule has 3 nitrogen and oxygen atoms in total. The molecular formula is C24H18Cl2N2OS. The number of amides is 1. The summed E-state index contributed by atoms with van der Waals surface area (Å²) in [5.41, 5.74) is 3.70. The summed E-state index contributed by atoms with van der Waals surface area (Å²) in [6.07, 6.45) is 1.77. The number of thioether (sulfide) groups is 1. The quantitative estimate of drug-likeness (QED) is 0.395. The lowest BCUT2D eigenvalue weighted by Gasteiger charge is -2.15. The Labute approximate surface area is 190 Å². The summed E-state index contributed by atoms with van der Waals surface area (Å²) >= 11 is 13.8. The van der Waals surface area contributed by atoms with Gasteiger partial charge in [0.15, 0.2) is 5.17 Å². The maximum Gasteiger partial charge on any atom is 0.267 e. The zero-order chi connectivity index (χ0) is 21.1. The maximum absolute atomic E-state index is 13.2. The molecule has 1 saturated heterocycles. The summed E-state index contributed by atoms with van der Waals surface area (Å²) in [5.74, 6) is -0.106. The van der Waals surface area contributed by atoms with Gasteiger partial charge in [0, 0.05) is 0 Å². The van der Waals surface area contributed by atoms with E-state index in [1.165, 1.54) is 11.8 Å². The highest BCUT2D eigenvalue weighted by Gasteiger charge is 2.33. The first-order valence-corrected chi connectivity index (χ1v) is 10.9. The van der Waals surface area contributed by atoms with Gasteiger partial charge in [0.05, 0.1) is 27.2 Å². The van der Waals surface area contributed by atoms with Crippen LogP contribution in [0.1, 0.15) is 16.7 Å². The molecule has 0 radical (unpaired) electrons. The third kappa shape index (κ3) is 4.62. The number of carbonyl (C=O) groups excluding carboxylic acids is 1. The zero-order valence-corrected chi connectivity index (χ0v) is 18.5. The molecule has 6 heteroatoms. The van der Waals surface area contributed by atoms with Crippen LogP contribution < -0.4 is 0 Å². The summed E-state index contributed by atoms with van der Waals surface area (Å²) in [6.45, 7) is 2.47. The van der Waals surface area contributed by atoms with Gasteiger partial charge < -0.3 is 0 Å². The lowest BCUT2D eigenvalue weighted by Crippen LogP contribution is -2.28. The Balaban J connectivity index is 1.72. The SMILES string of the molecule is Cc1ccc(N=C2S/C(=C/c3cccc(Cl)c3Cl)C(=O)N2Cc2ccccc2)cc1. The smallest absolute Gasteiger partial charge is 0.267 e. The summed E-state index contributed by atoms with van der Waals surface area (Å²) in [4.78, 5) is 20.2. The second kappa shape index (κ2) is 9.09. The number of hydrogen-bond acceptors (Lipinski definition) is 3. The molecule has 4 rings (SSSR count). The molecule has 3 aromatic rings. The van der Waals surface area contributed by atoms with Crippen molar-refractivity contribution in [3.8, 4) is 0 Å². The van der Waals surface area contributed by atoms with E-state index in [0.717, 1.165) is 16.8 Å². The maximum atomic E-state index is 13.2. The third-order valence-electron chi connectivity index (χ3n) is 4.60. The number of amidine groups is 1. The van der Waals surface area contributed by atoms with Crippen molar-refractivity contribution < 1.29 is 4.79 Å². The Morgan fingerprint density at radius 3 is 2.43 bits per heavy atom. The van der Waals surface area contributed by atoms with E-state index in [1.807, 2.05) is 73.7 Å². The number of nitrogens with zero attached hydrogens (tertiary/aromatic N) is 2. The first-order chi connectivity index (χ1) is 14.5. The van der Waals surface area contributed by atoms with Gasteiger partial charge in [0.1, 0.15) is 0 Å². The van der Waals surface area contributed by atoms with E-state index in [-0.39, 0.29) is 5.91 Å². The van der Waals surface area contributed by atoms with Crippen LogP contribution in [0, 0.1) is 6.92 Å². The minimum atomic E-state index is -0.106. The van der Waals surface area contributed by atoms with Crippen molar-refractivity contribution in [3.63, 3.8) is 0 Å². The topological polar surface area (TPSA) is 32.7 Å². The highest BCUT2D eigenvalue weighted by Crippen LogP contribution is 2.37. The predicted octanol–water partition coefficient (Wildman–Crippen LogP) is 7.11. The highest BCUT2D eigenvalue weighted by atomic mass is 35.5. The Morgan fingerprint density at radius 2 is 1.70 bits per heavy atom. The van der Waals surface area contributed by atoms with Gasteiger partial charge in [-0.25, -0.2) is 4.99 Å². The average Bonchev–Trinajstić information content (AvgIpc) is 3.03. The molecule has 0 N–H and O–H groups in total. The lowest BCUT2D eigenvalue weighted by molar-refractivity contribution is -0.122. The van der Waals surface area contributed by atoms with Crippen LogP contribution >= 0.6 is 35.0 Å². The van der Waals surface area contributed by atoms with Crippen molar-refractivity contribution in [1.82, 2.24) is 4.90 Å². The highest BCUT2D eigenvalue weighted by molar-refractivity contribution is 8.18. The van der Waals surface area contributed by atoms with E-state index in [9.17, 15) is 4.79 Å². The molecule has 0 saturated carbocycles. The van der Waals surface area contributed by atoms with Gasteiger partial charge in [-0.15, -0.1) is 0 Å². The minimum Gasteiger partial charge on any atom is -0.282 e. The largest absolute Gasteiger partial charge is 0.282 e. The number of aliphatic imine (C=N–C) groups is 1. The molecular weight excluding hydrogens is 435 g/mol. The molecule has 0 aromatic heterocycles. The summed E-state index contributed by atoms with van der Waals surface area (Å²) in [6, 6.07) is 23.2. The van der Waals surface area contributed by atoms with Crippen LogP contribution in [0.15, 0.2) is 82.7 Å². The molecule has 1 amide bonds. The van der Waals surface area contributed by atoms with E-state index in [0.29, 0.717) is 32.2 Å². The van der Waals surface area contributed by atoms with Gasteiger partial charge in [0.25, 0.3) is 5.91 Å². The summed E-state index contributed by atoms with van der Waals surface area (Å²) in [7, 11) is 0. The fraction of sp³-hybridized carbons (Fsp3) is 0.0833. The molecule has 3 aromatic carbocycles. The second-order valence-electron chi connectivity index (χ2n) is 6.86. The van der Waals surface area contributed by atoms with Crippen LogP contribution in [0.25, 0.3) is 6.08 Å². The van der Waals surface area contributed by atoms with Gasteiger partial charge in [-0.2, -0.15) is 0 Å². The lowest BCUT2D eigenvalue weighted by atomic mass is 10.2. The van der Waals surface area contributed by atoms with Crippen LogP contribution in [0.3, 0.4) is 0 Å². The van der Waals surface area contributed by atoms with Crippen molar-refractivity contribution in [2.75, 3.05) is 0 Å². The molecule has 0 atom stereocenters. The number of halogens is 2. The molecule has 1 heterocycles. The molecule has 1 fully saturated rings. The van der Waals surface area contributed by atoms with E-state index in [4.69, 9.17) is 28.2 Å². The van der Waals surface area contributed by atoms with Gasteiger partial charge >= 0.3 is 0 Å². The number of hydrogen-bond donors (Lipinski definition) is 0. The monoisotopic (exact) mass is 452 g/mol. The number of aryl methyl sites for hydroxylation is 1. The van der Waals surface area contributed by atoms with Crippen molar-refractivity contribution in [2.45, 2.75) is 13.5 Å². The second-order valence-corrected chi connectivity index (χ2v) is 8.65. The number of carbonyl (C=O) groups is 1. The van der Waals surface area contributed by atoms with Gasteiger partial charge in [0.2, 0.25) is 0 Å². The van der Waals surface area contributed by atoms with Crippen molar-refractivity contribution in [1.29, 1.82) is 0 Å². The Bertz CT molecular complexity index is 1140. The number of benzene rings is 3. The van der Waals surface area contributed by atoms with Crippen LogP contribution in [0.4, 0.5) is 5.69 Å². The average molecular weight is 453 g/mol. The minimum absolute atomic E-state index is 0.106. The molecule has 0 unspecified atom stereocenters. The molecule has 1 aliphatic heterocycles. The zero-order valence-electron chi connectivity index (χ0n) is 16.2. The van der Waals surface area contributed by atoms with E-state index in [1.54, 1.807) is 17.0 Å².